The molecule has 0 saturated heterocycles. The van der Waals surface area contributed by atoms with Gasteiger partial charge in [-0.15, -0.1) is 0 Å². The summed E-state index contributed by atoms with van der Waals surface area (Å²) in [6.07, 6.45) is 8.38. The minimum atomic E-state index is -0.558. The van der Waals surface area contributed by atoms with E-state index in [1.807, 2.05) is 18.2 Å². The third-order valence-corrected chi connectivity index (χ3v) is 7.68. The third-order valence-electron chi connectivity index (χ3n) is 7.68. The van der Waals surface area contributed by atoms with Crippen molar-refractivity contribution in [3.8, 4) is 11.5 Å². The van der Waals surface area contributed by atoms with Crippen molar-refractivity contribution < 1.29 is 28.6 Å². The van der Waals surface area contributed by atoms with E-state index in [4.69, 9.17) is 14.2 Å². The number of rotatable bonds is 8. The summed E-state index contributed by atoms with van der Waals surface area (Å²) >= 11 is 0. The Kier molecular flexibility index (Phi) is 7.26. The number of fused-ring (bicyclic) bond motifs is 1. The molecule has 8 heteroatoms. The van der Waals surface area contributed by atoms with Crippen LogP contribution in [0.1, 0.15) is 60.1 Å². The molecule has 0 unspecified atom stereocenters. The number of ether oxygens (including phenoxy) is 3. The Morgan fingerprint density at radius 3 is 2.65 bits per heavy atom. The van der Waals surface area contributed by atoms with Crippen LogP contribution in [0.3, 0.4) is 0 Å². The molecule has 1 aromatic carbocycles. The molecule has 1 saturated carbocycles. The van der Waals surface area contributed by atoms with Crippen molar-refractivity contribution in [1.29, 1.82) is 0 Å². The van der Waals surface area contributed by atoms with E-state index in [9.17, 15) is 14.4 Å². The Bertz CT molecular complexity index is 1230. The van der Waals surface area contributed by atoms with E-state index in [0.717, 1.165) is 42.6 Å². The Morgan fingerprint density at radius 1 is 1.14 bits per heavy atom. The van der Waals surface area contributed by atoms with Crippen LogP contribution in [0, 0.1) is 5.92 Å². The lowest BCUT2D eigenvalue weighted by molar-refractivity contribution is -0.136. The number of hydrogen-bond donors (Lipinski definition) is 0. The zero-order chi connectivity index (χ0) is 25.9. The van der Waals surface area contributed by atoms with Gasteiger partial charge in [-0.25, -0.2) is 4.79 Å². The number of carbonyl (C=O) groups is 3. The van der Waals surface area contributed by atoms with Gasteiger partial charge in [-0.05, 0) is 36.6 Å². The number of Topliss-reactive ketones (excluding diaryl/α,β-unsaturated/α-hetero) is 1. The summed E-state index contributed by atoms with van der Waals surface area (Å²) in [6, 6.07) is 8.29. The molecule has 0 spiro atoms. The number of aromatic nitrogens is 1. The highest BCUT2D eigenvalue weighted by Crippen LogP contribution is 2.40. The SMILES string of the molecule is COC(=O)c1ccc(CC(=O)[C@H](CC2CCCCC2)N2CC3=C(Oc4cccc(OC)c4C3)C2=O)nc1. The van der Waals surface area contributed by atoms with E-state index < -0.39 is 12.0 Å². The minimum Gasteiger partial charge on any atom is -0.496 e. The fourth-order valence-electron chi connectivity index (χ4n) is 5.70. The molecule has 37 heavy (non-hydrogen) atoms. The molecule has 1 fully saturated rings. The standard InChI is InChI=1S/C29H32N2O6/c1-35-25-9-6-10-26-22(25)14-20-17-31(28(33)27(20)37-26)23(13-18-7-4-3-5-8-18)24(32)15-21-12-11-19(16-30-21)29(34)36-2/h6,9-12,16,18,23H,3-5,7-8,13-15,17H2,1-2H3/t23-/m0/s1. The maximum atomic E-state index is 13.7. The number of hydrogen-bond acceptors (Lipinski definition) is 7. The molecule has 194 valence electrons. The molecule has 0 radical (unpaired) electrons. The predicted molar refractivity (Wildman–Crippen MR) is 135 cm³/mol. The monoisotopic (exact) mass is 504 g/mol. The van der Waals surface area contributed by atoms with Crippen molar-refractivity contribution >= 4 is 17.7 Å². The maximum Gasteiger partial charge on any atom is 0.339 e. The van der Waals surface area contributed by atoms with Crippen LogP contribution in [0.15, 0.2) is 47.9 Å². The van der Waals surface area contributed by atoms with E-state index in [0.29, 0.717) is 48.1 Å². The zero-order valence-corrected chi connectivity index (χ0v) is 21.3. The first kappa shape index (κ1) is 25.0. The van der Waals surface area contributed by atoms with Gasteiger partial charge < -0.3 is 19.1 Å². The van der Waals surface area contributed by atoms with Gasteiger partial charge in [0.05, 0.1) is 32.2 Å². The molecule has 5 rings (SSSR count). The van der Waals surface area contributed by atoms with Crippen molar-refractivity contribution in [3.63, 3.8) is 0 Å². The van der Waals surface area contributed by atoms with Gasteiger partial charge in [-0.1, -0.05) is 38.2 Å². The second kappa shape index (κ2) is 10.7. The van der Waals surface area contributed by atoms with Crippen LogP contribution in [0.25, 0.3) is 0 Å². The molecule has 1 atom stereocenters. The van der Waals surface area contributed by atoms with Gasteiger partial charge in [-0.2, -0.15) is 0 Å². The smallest absolute Gasteiger partial charge is 0.339 e. The Hall–Kier alpha value is -3.68. The first-order valence-electron chi connectivity index (χ1n) is 12.9. The lowest BCUT2D eigenvalue weighted by Gasteiger charge is -2.32. The molecule has 0 N–H and O–H groups in total. The summed E-state index contributed by atoms with van der Waals surface area (Å²) in [6.45, 7) is 0.365. The van der Waals surface area contributed by atoms with Crippen LogP contribution < -0.4 is 9.47 Å². The molecule has 0 bridgehead atoms. The molecule has 1 aliphatic carbocycles. The molecular formula is C29H32N2O6. The van der Waals surface area contributed by atoms with Crippen LogP contribution >= 0.6 is 0 Å². The van der Waals surface area contributed by atoms with Crippen molar-refractivity contribution in [2.75, 3.05) is 20.8 Å². The number of nitrogens with zero attached hydrogens (tertiary/aromatic N) is 2. The highest BCUT2D eigenvalue weighted by molar-refractivity contribution is 6.00. The fraction of sp³-hybridized carbons (Fsp3) is 0.448. The third kappa shape index (κ3) is 5.10. The Labute approximate surface area is 216 Å². The highest BCUT2D eigenvalue weighted by Gasteiger charge is 2.42. The highest BCUT2D eigenvalue weighted by atomic mass is 16.5. The normalized spacial score (nSPS) is 18.1. The van der Waals surface area contributed by atoms with E-state index >= 15 is 0 Å². The summed E-state index contributed by atoms with van der Waals surface area (Å²) < 4.78 is 16.3. The van der Waals surface area contributed by atoms with Crippen molar-refractivity contribution in [1.82, 2.24) is 9.88 Å². The van der Waals surface area contributed by atoms with Gasteiger partial charge in [0.2, 0.25) is 0 Å². The van der Waals surface area contributed by atoms with Crippen LogP contribution in [-0.2, 0) is 27.2 Å². The predicted octanol–water partition coefficient (Wildman–Crippen LogP) is 4.06. The van der Waals surface area contributed by atoms with E-state index in [1.54, 1.807) is 24.1 Å². The Morgan fingerprint density at radius 2 is 1.95 bits per heavy atom. The van der Waals surface area contributed by atoms with Gasteiger partial charge in [-0.3, -0.25) is 14.6 Å². The topological polar surface area (TPSA) is 95.0 Å². The van der Waals surface area contributed by atoms with Crippen molar-refractivity contribution in [3.05, 3.63) is 64.7 Å². The second-order valence-corrected chi connectivity index (χ2v) is 10.0. The summed E-state index contributed by atoms with van der Waals surface area (Å²) in [4.78, 5) is 45.0. The second-order valence-electron chi connectivity index (χ2n) is 10.0. The van der Waals surface area contributed by atoms with Gasteiger partial charge in [0.15, 0.2) is 11.5 Å². The molecule has 1 amide bonds. The lowest BCUT2D eigenvalue weighted by atomic mass is 9.83. The van der Waals surface area contributed by atoms with Gasteiger partial charge in [0, 0.05) is 36.0 Å². The number of pyridine rings is 1. The van der Waals surface area contributed by atoms with Gasteiger partial charge in [0.1, 0.15) is 11.5 Å². The number of ketones is 1. The average Bonchev–Trinajstić information content (AvgIpc) is 3.25. The molecule has 2 aliphatic heterocycles. The quantitative estimate of drug-likeness (QED) is 0.501. The van der Waals surface area contributed by atoms with E-state index in [-0.39, 0.29) is 18.1 Å². The van der Waals surface area contributed by atoms with Crippen LogP contribution in [0.5, 0.6) is 11.5 Å². The summed E-state index contributed by atoms with van der Waals surface area (Å²) in [5.41, 5.74) is 2.69. The number of benzene rings is 1. The summed E-state index contributed by atoms with van der Waals surface area (Å²) in [5.74, 6) is 1.34. The van der Waals surface area contributed by atoms with Gasteiger partial charge >= 0.3 is 5.97 Å². The molecular weight excluding hydrogens is 472 g/mol. The fourth-order valence-corrected chi connectivity index (χ4v) is 5.70. The first-order valence-corrected chi connectivity index (χ1v) is 12.9. The Balaban J connectivity index is 1.36. The van der Waals surface area contributed by atoms with Gasteiger partial charge in [0.25, 0.3) is 5.91 Å². The van der Waals surface area contributed by atoms with E-state index in [1.165, 1.54) is 19.7 Å². The number of esters is 1. The maximum absolute atomic E-state index is 13.7. The van der Waals surface area contributed by atoms with Crippen LogP contribution in [0.4, 0.5) is 0 Å². The number of amides is 1. The molecule has 8 nitrogen and oxygen atoms in total. The molecule has 1 aromatic heterocycles. The number of carbonyl (C=O) groups excluding carboxylic acids is 3. The zero-order valence-electron chi connectivity index (χ0n) is 21.3. The van der Waals surface area contributed by atoms with Crippen LogP contribution in [0.2, 0.25) is 0 Å². The van der Waals surface area contributed by atoms with E-state index in [2.05, 4.69) is 4.98 Å². The summed E-state index contributed by atoms with van der Waals surface area (Å²) in [5, 5.41) is 0. The number of methoxy groups -OCH3 is 2. The van der Waals surface area contributed by atoms with Crippen LogP contribution in [-0.4, -0.2) is 54.3 Å². The largest absolute Gasteiger partial charge is 0.496 e. The average molecular weight is 505 g/mol. The van der Waals surface area contributed by atoms with Crippen molar-refractivity contribution in [2.24, 2.45) is 5.92 Å². The first-order chi connectivity index (χ1) is 18.0. The minimum absolute atomic E-state index is 0.0489. The lowest BCUT2D eigenvalue weighted by Crippen LogP contribution is -2.45. The molecule has 3 aliphatic rings. The van der Waals surface area contributed by atoms with Crippen molar-refractivity contribution in [2.45, 2.75) is 57.4 Å². The molecule has 2 aromatic rings. The molecule has 3 heterocycles. The summed E-state index contributed by atoms with van der Waals surface area (Å²) in [7, 11) is 2.94.